The Hall–Kier alpha value is -2.09. The summed E-state index contributed by atoms with van der Waals surface area (Å²) in [5.74, 6) is 2.00. The first-order valence-electron chi connectivity index (χ1n) is 7.02. The minimum atomic E-state index is -5.42. The van der Waals surface area contributed by atoms with Gasteiger partial charge in [-0.05, 0) is 46.5 Å². The second kappa shape index (κ2) is 6.43. The highest BCUT2D eigenvalue weighted by atomic mass is 32.3. The first-order valence-corrected chi connectivity index (χ1v) is 9.31. The Labute approximate surface area is 142 Å². The third-order valence-electron chi connectivity index (χ3n) is 3.72. The van der Waals surface area contributed by atoms with Crippen LogP contribution in [0.15, 0.2) is 42.5 Å². The molecular weight excluding hydrogens is 351 g/mol. The fourth-order valence-corrected chi connectivity index (χ4v) is 3.89. The number of halogens is 1. The van der Waals surface area contributed by atoms with Gasteiger partial charge in [0.2, 0.25) is 4.51 Å². The molecule has 0 fully saturated rings. The van der Waals surface area contributed by atoms with Crippen LogP contribution in [0.4, 0.5) is 3.89 Å². The first kappa shape index (κ1) is 16.8. The van der Waals surface area contributed by atoms with Crippen molar-refractivity contribution in [3.8, 4) is 5.75 Å². The Balaban J connectivity index is 0.000000300. The number of benzene rings is 3. The fourth-order valence-electron chi connectivity index (χ4n) is 2.77. The maximum absolute atomic E-state index is 10.1. The van der Waals surface area contributed by atoms with Gasteiger partial charge >= 0.3 is 0 Å². The van der Waals surface area contributed by atoms with Crippen LogP contribution in [0.2, 0.25) is 0 Å². The summed E-state index contributed by atoms with van der Waals surface area (Å²) in [4.78, 5) is 0. The van der Waals surface area contributed by atoms with Gasteiger partial charge in [0.05, 0.1) is 12.5 Å². The fraction of sp³-hybridized carbons (Fsp3) is 0.118. The van der Waals surface area contributed by atoms with Crippen LogP contribution in [0.1, 0.15) is 0 Å². The third-order valence-corrected chi connectivity index (χ3v) is 4.78. The molecule has 3 aromatic rings. The molecular formula is C17H13FO4S2. The van der Waals surface area contributed by atoms with E-state index in [1.807, 2.05) is 17.4 Å². The van der Waals surface area contributed by atoms with Crippen LogP contribution in [-0.2, 0) is 21.9 Å². The van der Waals surface area contributed by atoms with Crippen molar-refractivity contribution in [2.24, 2.45) is 0 Å². The van der Waals surface area contributed by atoms with E-state index in [0.717, 1.165) is 11.5 Å². The maximum Gasteiger partial charge on any atom is 0.255 e. The molecule has 0 bridgehead atoms. The van der Waals surface area contributed by atoms with Gasteiger partial charge in [0, 0.05) is 5.22 Å². The summed E-state index contributed by atoms with van der Waals surface area (Å²) < 4.78 is 42.1. The minimum Gasteiger partial charge on any atom is -0.722 e. The molecule has 0 atom stereocenters. The highest BCUT2D eigenvalue weighted by Crippen LogP contribution is 2.28. The predicted molar refractivity (Wildman–Crippen MR) is 94.0 cm³/mol. The molecule has 7 heteroatoms. The number of hydrogen-bond donors (Lipinski definition) is 0. The number of fused-ring (bicyclic) bond motifs is 5. The van der Waals surface area contributed by atoms with E-state index in [-0.39, 0.29) is 0 Å². The number of ether oxygens (including phenoxy) is 1. The predicted octanol–water partition coefficient (Wildman–Crippen LogP) is 2.55. The van der Waals surface area contributed by atoms with E-state index in [1.165, 1.54) is 31.3 Å². The summed E-state index contributed by atoms with van der Waals surface area (Å²) >= 11 is 1.94. The Morgan fingerprint density at radius 2 is 1.79 bits per heavy atom. The van der Waals surface area contributed by atoms with Crippen LogP contribution in [0.5, 0.6) is 5.75 Å². The van der Waals surface area contributed by atoms with Crippen molar-refractivity contribution in [2.45, 2.75) is 0 Å². The molecule has 0 unspecified atom stereocenters. The molecule has 124 valence electrons. The summed E-state index contributed by atoms with van der Waals surface area (Å²) in [7, 11) is -3.70. The molecule has 0 saturated carbocycles. The maximum atomic E-state index is 10.1. The topological polar surface area (TPSA) is 66.4 Å². The highest BCUT2D eigenvalue weighted by molar-refractivity contribution is 7.80. The molecule has 24 heavy (non-hydrogen) atoms. The molecule has 0 amide bonds. The number of methoxy groups -OCH3 is 1. The molecule has 4 nitrogen and oxygen atoms in total. The van der Waals surface area contributed by atoms with Crippen LogP contribution in [0, 0.1) is 4.51 Å². The number of rotatable bonds is 1. The Kier molecular flexibility index (Phi) is 4.49. The monoisotopic (exact) mass is 364 g/mol. The SMILES string of the molecule is COc1ccc2c(ccc3ccc4c(c32)=[S+]CC=4)c1.O=S(=O)([O-])F. The second-order valence-electron chi connectivity index (χ2n) is 5.14. The average molecular weight is 364 g/mol. The van der Waals surface area contributed by atoms with E-state index in [0.29, 0.717) is 0 Å². The Morgan fingerprint density at radius 1 is 1.12 bits per heavy atom. The second-order valence-corrected chi connectivity index (χ2v) is 6.96. The third kappa shape index (κ3) is 3.53. The smallest absolute Gasteiger partial charge is 0.255 e. The Bertz CT molecular complexity index is 1150. The minimum absolute atomic E-state index is 0.915. The van der Waals surface area contributed by atoms with Gasteiger partial charge < -0.3 is 9.29 Å². The van der Waals surface area contributed by atoms with Crippen LogP contribution in [0.3, 0.4) is 0 Å². The van der Waals surface area contributed by atoms with Gasteiger partial charge in [-0.1, -0.05) is 18.2 Å². The largest absolute Gasteiger partial charge is 0.722 e. The molecule has 0 aromatic heterocycles. The molecule has 0 saturated heterocycles. The van der Waals surface area contributed by atoms with Gasteiger partial charge in [-0.25, -0.2) is 8.42 Å². The lowest BCUT2D eigenvalue weighted by Crippen LogP contribution is -1.99. The van der Waals surface area contributed by atoms with Crippen molar-refractivity contribution < 1.29 is 21.6 Å². The van der Waals surface area contributed by atoms with Crippen molar-refractivity contribution in [3.63, 3.8) is 0 Å². The molecule has 0 aliphatic carbocycles. The summed E-state index contributed by atoms with van der Waals surface area (Å²) in [6, 6.07) is 15.2. The van der Waals surface area contributed by atoms with Crippen LogP contribution in [0.25, 0.3) is 27.6 Å². The summed E-state index contributed by atoms with van der Waals surface area (Å²) in [6.45, 7) is 0. The van der Waals surface area contributed by atoms with Crippen LogP contribution < -0.4 is 9.96 Å². The van der Waals surface area contributed by atoms with Gasteiger partial charge in [-0.2, -0.15) is 0 Å². The molecule has 0 N–H and O–H groups in total. The van der Waals surface area contributed by atoms with E-state index < -0.39 is 10.5 Å². The molecule has 1 heterocycles. The van der Waals surface area contributed by atoms with Gasteiger partial charge in [-0.3, -0.25) is 0 Å². The zero-order chi connectivity index (χ0) is 17.3. The van der Waals surface area contributed by atoms with Gasteiger partial charge in [0.15, 0.2) is 17.1 Å². The molecule has 4 rings (SSSR count). The van der Waals surface area contributed by atoms with Crippen molar-refractivity contribution in [3.05, 3.63) is 52.2 Å². The normalized spacial score (nSPS) is 12.8. The van der Waals surface area contributed by atoms with Crippen LogP contribution in [-0.4, -0.2) is 25.8 Å². The Morgan fingerprint density at radius 3 is 2.50 bits per heavy atom. The highest BCUT2D eigenvalue weighted by Gasteiger charge is 2.13. The molecule has 1 aliphatic heterocycles. The quantitative estimate of drug-likeness (QED) is 0.219. The standard InChI is InChI=1S/C17H13OS.FHO3S/c1-18-14-6-7-15-13(10-14)5-3-11-2-4-12-8-9-19-17(12)16(11)15;1-5(2,3)4/h2-8,10H,9H2,1H3;(H,2,3,4)/q+1;/p-1. The lowest BCUT2D eigenvalue weighted by Gasteiger charge is -2.04. The van der Waals surface area contributed by atoms with Crippen molar-refractivity contribution >= 4 is 49.5 Å². The summed E-state index contributed by atoms with van der Waals surface area (Å²) in [5.41, 5.74) is 0. The first-order chi connectivity index (χ1) is 11.4. The molecule has 1 aliphatic rings. The van der Waals surface area contributed by atoms with Gasteiger partial charge in [0.25, 0.3) is 10.5 Å². The van der Waals surface area contributed by atoms with Crippen molar-refractivity contribution in [1.82, 2.24) is 0 Å². The summed E-state index contributed by atoms with van der Waals surface area (Å²) in [6.07, 6.45) is 2.31. The lowest BCUT2D eigenvalue weighted by molar-refractivity contribution is 0.415. The van der Waals surface area contributed by atoms with E-state index in [4.69, 9.17) is 17.7 Å². The van der Waals surface area contributed by atoms with Crippen LogP contribution >= 0.6 is 0 Å². The zero-order valence-electron chi connectivity index (χ0n) is 12.7. The molecule has 0 radical (unpaired) electrons. The molecule has 0 spiro atoms. The lowest BCUT2D eigenvalue weighted by atomic mass is 10.0. The zero-order valence-corrected chi connectivity index (χ0v) is 14.3. The summed E-state index contributed by atoms with van der Waals surface area (Å²) in [5, 5.41) is 6.64. The van der Waals surface area contributed by atoms with E-state index in [1.54, 1.807) is 7.11 Å². The van der Waals surface area contributed by atoms with Gasteiger partial charge in [0.1, 0.15) is 5.75 Å². The van der Waals surface area contributed by atoms with Crippen molar-refractivity contribution in [1.29, 1.82) is 0 Å². The van der Waals surface area contributed by atoms with Gasteiger partial charge in [-0.15, -0.1) is 3.89 Å². The van der Waals surface area contributed by atoms with Crippen molar-refractivity contribution in [2.75, 3.05) is 12.9 Å². The van der Waals surface area contributed by atoms with E-state index >= 15 is 0 Å². The molecule has 3 aromatic carbocycles. The number of hydrogen-bond acceptors (Lipinski definition) is 4. The van der Waals surface area contributed by atoms with E-state index in [2.05, 4.69) is 42.5 Å². The average Bonchev–Trinajstić information content (AvgIpc) is 3.00. The van der Waals surface area contributed by atoms with E-state index in [9.17, 15) is 3.89 Å².